The highest BCUT2D eigenvalue weighted by atomic mass is 16.6. The van der Waals surface area contributed by atoms with Gasteiger partial charge in [0.2, 0.25) is 5.91 Å². The maximum atomic E-state index is 12.3. The number of nitro groups is 1. The molecule has 2 atom stereocenters. The van der Waals surface area contributed by atoms with Gasteiger partial charge in [0.15, 0.2) is 0 Å². The molecule has 0 bridgehead atoms. The standard InChI is InChI=1S/C20H19N3O4/c1-12(24)22-20(14-4-3-5-15(10-14)23(25)26)18-8-6-13-11-16(27-2)7-9-17(13)19(18)21-22/h3-5,7,9-11,18,20H,6,8H2,1-2H3/t18-,20+/m1/s1. The number of fused-ring (bicyclic) bond motifs is 3. The monoisotopic (exact) mass is 365 g/mol. The minimum atomic E-state index is -0.416. The number of carbonyl (C=O) groups is 1. The van der Waals surface area contributed by atoms with Crippen LogP contribution in [0.5, 0.6) is 5.75 Å². The van der Waals surface area contributed by atoms with E-state index < -0.39 is 4.92 Å². The summed E-state index contributed by atoms with van der Waals surface area (Å²) in [6, 6.07) is 12.0. The minimum absolute atomic E-state index is 0.0109. The van der Waals surface area contributed by atoms with Crippen molar-refractivity contribution < 1.29 is 14.5 Å². The molecule has 1 heterocycles. The molecule has 7 nitrogen and oxygen atoms in total. The van der Waals surface area contributed by atoms with Crippen LogP contribution in [-0.4, -0.2) is 28.7 Å². The number of rotatable bonds is 3. The number of benzene rings is 2. The Morgan fingerprint density at radius 1 is 1.30 bits per heavy atom. The Labute approximate surface area is 156 Å². The Balaban J connectivity index is 1.78. The number of ether oxygens (including phenoxy) is 1. The second-order valence-electron chi connectivity index (χ2n) is 6.81. The van der Waals surface area contributed by atoms with Gasteiger partial charge in [-0.2, -0.15) is 5.10 Å². The number of methoxy groups -OCH3 is 1. The summed E-state index contributed by atoms with van der Waals surface area (Å²) in [6.45, 7) is 1.47. The Morgan fingerprint density at radius 3 is 2.81 bits per heavy atom. The summed E-state index contributed by atoms with van der Waals surface area (Å²) in [5, 5.41) is 17.3. The second kappa shape index (κ2) is 6.50. The number of aryl methyl sites for hydroxylation is 1. The maximum Gasteiger partial charge on any atom is 0.269 e. The first-order valence-electron chi connectivity index (χ1n) is 8.79. The van der Waals surface area contributed by atoms with Crippen LogP contribution in [0.25, 0.3) is 0 Å². The third-order valence-corrected chi connectivity index (χ3v) is 5.27. The number of nitro benzene ring substituents is 1. The van der Waals surface area contributed by atoms with E-state index in [4.69, 9.17) is 4.74 Å². The quantitative estimate of drug-likeness (QED) is 0.616. The van der Waals surface area contributed by atoms with Gasteiger partial charge < -0.3 is 4.74 Å². The van der Waals surface area contributed by atoms with E-state index in [0.29, 0.717) is 0 Å². The molecule has 0 radical (unpaired) electrons. The average molecular weight is 365 g/mol. The van der Waals surface area contributed by atoms with Crippen LogP contribution >= 0.6 is 0 Å². The van der Waals surface area contributed by atoms with E-state index in [-0.39, 0.29) is 23.6 Å². The van der Waals surface area contributed by atoms with Crippen molar-refractivity contribution >= 4 is 17.3 Å². The fourth-order valence-electron chi connectivity index (χ4n) is 4.05. The molecule has 0 saturated heterocycles. The molecule has 1 amide bonds. The van der Waals surface area contributed by atoms with Crippen LogP contribution in [0, 0.1) is 16.0 Å². The van der Waals surface area contributed by atoms with Gasteiger partial charge in [-0.1, -0.05) is 12.1 Å². The van der Waals surface area contributed by atoms with Gasteiger partial charge >= 0.3 is 0 Å². The van der Waals surface area contributed by atoms with Crippen molar-refractivity contribution in [3.63, 3.8) is 0 Å². The number of hydrazone groups is 1. The van der Waals surface area contributed by atoms with Gasteiger partial charge in [0.05, 0.1) is 23.8 Å². The molecule has 0 saturated carbocycles. The summed E-state index contributed by atoms with van der Waals surface area (Å²) >= 11 is 0. The fraction of sp³-hybridized carbons (Fsp3) is 0.300. The minimum Gasteiger partial charge on any atom is -0.497 e. The second-order valence-corrected chi connectivity index (χ2v) is 6.81. The van der Waals surface area contributed by atoms with Crippen LogP contribution < -0.4 is 4.74 Å². The van der Waals surface area contributed by atoms with E-state index in [9.17, 15) is 14.9 Å². The summed E-state index contributed by atoms with van der Waals surface area (Å²) < 4.78 is 5.31. The first-order valence-corrected chi connectivity index (χ1v) is 8.79. The van der Waals surface area contributed by atoms with Crippen LogP contribution in [0.15, 0.2) is 47.6 Å². The zero-order valence-corrected chi connectivity index (χ0v) is 15.1. The number of non-ortho nitro benzene ring substituents is 1. The van der Waals surface area contributed by atoms with Crippen LogP contribution in [-0.2, 0) is 11.2 Å². The molecule has 4 rings (SSSR count). The fourth-order valence-corrected chi connectivity index (χ4v) is 4.05. The number of hydrogen-bond donors (Lipinski definition) is 0. The normalized spacial score (nSPS) is 20.5. The highest BCUT2D eigenvalue weighted by Crippen LogP contribution is 2.44. The Bertz CT molecular complexity index is 969. The van der Waals surface area contributed by atoms with E-state index in [0.717, 1.165) is 41.0 Å². The molecular weight excluding hydrogens is 346 g/mol. The first kappa shape index (κ1) is 17.2. The van der Waals surface area contributed by atoms with Gasteiger partial charge in [-0.3, -0.25) is 14.9 Å². The van der Waals surface area contributed by atoms with E-state index >= 15 is 0 Å². The SMILES string of the molecule is COc1ccc2c(c1)CC[C@@H]1C2=NN(C(C)=O)[C@H]1c1cccc([N+](=O)[O-])c1. The molecule has 0 fully saturated rings. The van der Waals surface area contributed by atoms with Crippen LogP contribution in [0.2, 0.25) is 0 Å². The van der Waals surface area contributed by atoms with Gasteiger partial charge in [-0.05, 0) is 42.2 Å². The first-order chi connectivity index (χ1) is 13.0. The summed E-state index contributed by atoms with van der Waals surface area (Å²) in [5.74, 6) is 0.629. The van der Waals surface area contributed by atoms with Crippen LogP contribution in [0.1, 0.15) is 36.1 Å². The lowest BCUT2D eigenvalue weighted by atomic mass is 9.77. The van der Waals surface area contributed by atoms with Gasteiger partial charge in [0, 0.05) is 30.5 Å². The molecule has 0 spiro atoms. The van der Waals surface area contributed by atoms with Gasteiger partial charge in [-0.15, -0.1) is 0 Å². The Hall–Kier alpha value is -3.22. The van der Waals surface area contributed by atoms with Crippen molar-refractivity contribution in [1.29, 1.82) is 0 Å². The summed E-state index contributed by atoms with van der Waals surface area (Å²) in [4.78, 5) is 23.0. The van der Waals surface area contributed by atoms with Gasteiger partial charge in [-0.25, -0.2) is 5.01 Å². The number of amides is 1. The zero-order valence-electron chi connectivity index (χ0n) is 15.1. The number of nitrogens with zero attached hydrogens (tertiary/aromatic N) is 3. The summed E-state index contributed by atoms with van der Waals surface area (Å²) in [7, 11) is 1.64. The largest absolute Gasteiger partial charge is 0.497 e. The molecule has 0 aromatic heterocycles. The predicted octanol–water partition coefficient (Wildman–Crippen LogP) is 3.47. The molecule has 2 aromatic carbocycles. The highest BCUT2D eigenvalue weighted by Gasteiger charge is 2.43. The highest BCUT2D eigenvalue weighted by molar-refractivity contribution is 6.06. The number of hydrogen-bond acceptors (Lipinski definition) is 5. The van der Waals surface area contributed by atoms with Crippen molar-refractivity contribution in [2.24, 2.45) is 11.0 Å². The number of carbonyl (C=O) groups excluding carboxylic acids is 1. The molecule has 1 aliphatic carbocycles. The van der Waals surface area contributed by atoms with Gasteiger partial charge in [0.25, 0.3) is 5.69 Å². The van der Waals surface area contributed by atoms with Crippen LogP contribution in [0.3, 0.4) is 0 Å². The van der Waals surface area contributed by atoms with Crippen molar-refractivity contribution in [2.45, 2.75) is 25.8 Å². The van der Waals surface area contributed by atoms with Gasteiger partial charge in [0.1, 0.15) is 5.75 Å². The molecule has 7 heteroatoms. The zero-order chi connectivity index (χ0) is 19.1. The maximum absolute atomic E-state index is 12.3. The molecule has 1 aliphatic heterocycles. The summed E-state index contributed by atoms with van der Waals surface area (Å²) in [5.41, 5.74) is 3.79. The summed E-state index contributed by atoms with van der Waals surface area (Å²) in [6.07, 6.45) is 1.66. The van der Waals surface area contributed by atoms with E-state index in [1.807, 2.05) is 24.3 Å². The topological polar surface area (TPSA) is 85.0 Å². The molecule has 138 valence electrons. The van der Waals surface area contributed by atoms with E-state index in [2.05, 4.69) is 5.10 Å². The Morgan fingerprint density at radius 2 is 2.11 bits per heavy atom. The van der Waals surface area contributed by atoms with E-state index in [1.54, 1.807) is 19.2 Å². The Kier molecular flexibility index (Phi) is 4.14. The van der Waals surface area contributed by atoms with Crippen molar-refractivity contribution in [3.8, 4) is 5.75 Å². The van der Waals surface area contributed by atoms with Crippen LogP contribution in [0.4, 0.5) is 5.69 Å². The smallest absolute Gasteiger partial charge is 0.269 e. The lowest BCUT2D eigenvalue weighted by Gasteiger charge is -2.29. The molecule has 0 unspecified atom stereocenters. The lowest BCUT2D eigenvalue weighted by molar-refractivity contribution is -0.385. The van der Waals surface area contributed by atoms with E-state index in [1.165, 1.54) is 18.0 Å². The third-order valence-electron chi connectivity index (χ3n) is 5.27. The van der Waals surface area contributed by atoms with Crippen molar-refractivity contribution in [2.75, 3.05) is 7.11 Å². The predicted molar refractivity (Wildman–Crippen MR) is 99.7 cm³/mol. The molecule has 2 aromatic rings. The third kappa shape index (κ3) is 2.85. The van der Waals surface area contributed by atoms with Crippen molar-refractivity contribution in [1.82, 2.24) is 5.01 Å². The molecule has 27 heavy (non-hydrogen) atoms. The lowest BCUT2D eigenvalue weighted by Crippen LogP contribution is -2.31. The van der Waals surface area contributed by atoms with Crippen molar-refractivity contribution in [3.05, 3.63) is 69.3 Å². The average Bonchev–Trinajstić information content (AvgIpc) is 3.07. The molecule has 0 N–H and O–H groups in total. The molecule has 2 aliphatic rings. The molecular formula is C20H19N3O4.